The maximum absolute atomic E-state index is 12.4. The van der Waals surface area contributed by atoms with E-state index in [1.54, 1.807) is 36.4 Å². The molecule has 0 unspecified atom stereocenters. The Labute approximate surface area is 147 Å². The second kappa shape index (κ2) is 6.33. The number of nitrogens with one attached hydrogen (secondary N) is 2. The normalized spacial score (nSPS) is 10.8. The Kier molecular flexibility index (Phi) is 3.87. The summed E-state index contributed by atoms with van der Waals surface area (Å²) in [6, 6.07) is 16.2. The highest BCUT2D eigenvalue weighted by Crippen LogP contribution is 2.25. The molecule has 25 heavy (non-hydrogen) atoms. The number of nitrogens with zero attached hydrogens (tertiary/aromatic N) is 3. The van der Waals surface area contributed by atoms with Crippen LogP contribution in [-0.4, -0.2) is 25.8 Å². The summed E-state index contributed by atoms with van der Waals surface area (Å²) in [4.78, 5) is 28.3. The topological polar surface area (TPSA) is 83.6 Å². The number of hydrogen-bond acceptors (Lipinski definition) is 4. The predicted molar refractivity (Wildman–Crippen MR) is 96.5 cm³/mol. The minimum absolute atomic E-state index is 0.250. The molecule has 2 N–H and O–H groups in total. The van der Waals surface area contributed by atoms with Crippen molar-refractivity contribution in [3.63, 3.8) is 0 Å². The van der Waals surface area contributed by atoms with Crippen LogP contribution < -0.4 is 5.32 Å². The molecule has 0 atom stereocenters. The Morgan fingerprint density at radius 2 is 1.88 bits per heavy atom. The SMILES string of the molecule is O=C(Nc1ncnc2nc(-c3cccc(Cl)c3)[nH]c12)c1ccccc1. The third-order valence-electron chi connectivity index (χ3n) is 3.65. The van der Waals surface area contributed by atoms with Crippen LogP contribution in [0.2, 0.25) is 5.02 Å². The van der Waals surface area contributed by atoms with Crippen LogP contribution in [0, 0.1) is 0 Å². The van der Waals surface area contributed by atoms with Crippen molar-refractivity contribution >= 4 is 34.5 Å². The van der Waals surface area contributed by atoms with Gasteiger partial charge in [0.15, 0.2) is 11.5 Å². The Bertz CT molecular complexity index is 1060. The molecule has 6 nitrogen and oxygen atoms in total. The fraction of sp³-hybridized carbons (Fsp3) is 0. The van der Waals surface area contributed by atoms with Gasteiger partial charge < -0.3 is 10.3 Å². The molecule has 2 heterocycles. The van der Waals surface area contributed by atoms with Gasteiger partial charge in [-0.3, -0.25) is 4.79 Å². The average molecular weight is 350 g/mol. The van der Waals surface area contributed by atoms with E-state index in [1.165, 1.54) is 6.33 Å². The van der Waals surface area contributed by atoms with E-state index in [0.717, 1.165) is 5.56 Å². The minimum Gasteiger partial charge on any atom is -0.334 e. The number of hydrogen-bond donors (Lipinski definition) is 2. The quantitative estimate of drug-likeness (QED) is 0.587. The van der Waals surface area contributed by atoms with Gasteiger partial charge in [0.2, 0.25) is 0 Å². The lowest BCUT2D eigenvalue weighted by molar-refractivity contribution is 0.102. The van der Waals surface area contributed by atoms with Crippen LogP contribution in [0.15, 0.2) is 60.9 Å². The van der Waals surface area contributed by atoms with E-state index in [1.807, 2.05) is 18.2 Å². The number of carbonyl (C=O) groups is 1. The Morgan fingerprint density at radius 3 is 2.68 bits per heavy atom. The molecule has 0 bridgehead atoms. The molecule has 2 aromatic heterocycles. The van der Waals surface area contributed by atoms with Gasteiger partial charge in [0.25, 0.3) is 5.91 Å². The molecule has 0 aliphatic carbocycles. The van der Waals surface area contributed by atoms with Gasteiger partial charge in [-0.2, -0.15) is 0 Å². The highest BCUT2D eigenvalue weighted by atomic mass is 35.5. The molecule has 1 amide bonds. The van der Waals surface area contributed by atoms with E-state index >= 15 is 0 Å². The summed E-state index contributed by atoms with van der Waals surface area (Å²) in [5.41, 5.74) is 2.39. The maximum atomic E-state index is 12.4. The van der Waals surface area contributed by atoms with Crippen molar-refractivity contribution in [2.75, 3.05) is 5.32 Å². The summed E-state index contributed by atoms with van der Waals surface area (Å²) in [7, 11) is 0. The molecule has 122 valence electrons. The van der Waals surface area contributed by atoms with Gasteiger partial charge in [-0.1, -0.05) is 41.9 Å². The summed E-state index contributed by atoms with van der Waals surface area (Å²) >= 11 is 6.03. The standard InChI is InChI=1S/C18H12ClN5O/c19-13-8-4-7-12(9-13)15-22-14-16(23-15)20-10-21-17(14)24-18(25)11-5-2-1-3-6-11/h1-10H,(H2,20,21,22,23,24,25). The fourth-order valence-corrected chi connectivity index (χ4v) is 2.66. The van der Waals surface area contributed by atoms with Crippen LogP contribution in [0.5, 0.6) is 0 Å². The van der Waals surface area contributed by atoms with Gasteiger partial charge in [-0.05, 0) is 24.3 Å². The number of fused-ring (bicyclic) bond motifs is 1. The van der Waals surface area contributed by atoms with Gasteiger partial charge in [0, 0.05) is 16.1 Å². The number of H-pyrrole nitrogens is 1. The summed E-state index contributed by atoms with van der Waals surface area (Å²) in [5.74, 6) is 0.729. The molecule has 0 spiro atoms. The third-order valence-corrected chi connectivity index (χ3v) is 3.89. The third kappa shape index (κ3) is 3.07. The van der Waals surface area contributed by atoms with Gasteiger partial charge in [-0.15, -0.1) is 0 Å². The molecule has 7 heteroatoms. The summed E-state index contributed by atoms with van der Waals surface area (Å²) < 4.78 is 0. The summed E-state index contributed by atoms with van der Waals surface area (Å²) in [5, 5.41) is 3.40. The number of aromatic nitrogens is 4. The summed E-state index contributed by atoms with van der Waals surface area (Å²) in [6.07, 6.45) is 1.37. The summed E-state index contributed by atoms with van der Waals surface area (Å²) in [6.45, 7) is 0. The maximum Gasteiger partial charge on any atom is 0.256 e. The number of rotatable bonds is 3. The number of imidazole rings is 1. The van der Waals surface area contributed by atoms with Crippen LogP contribution in [0.4, 0.5) is 5.82 Å². The highest BCUT2D eigenvalue weighted by molar-refractivity contribution is 6.30. The second-order valence-corrected chi connectivity index (χ2v) is 5.77. The minimum atomic E-state index is -0.250. The Balaban J connectivity index is 1.72. The Hall–Kier alpha value is -3.25. The average Bonchev–Trinajstić information content (AvgIpc) is 3.08. The molecular weight excluding hydrogens is 338 g/mol. The lowest BCUT2D eigenvalue weighted by Crippen LogP contribution is -2.13. The molecule has 2 aromatic carbocycles. The monoisotopic (exact) mass is 349 g/mol. The highest BCUT2D eigenvalue weighted by Gasteiger charge is 2.14. The van der Waals surface area contributed by atoms with Crippen molar-refractivity contribution in [3.05, 3.63) is 71.5 Å². The van der Waals surface area contributed by atoms with Crippen LogP contribution >= 0.6 is 11.6 Å². The second-order valence-electron chi connectivity index (χ2n) is 5.34. The zero-order valence-corrected chi connectivity index (χ0v) is 13.7. The van der Waals surface area contributed by atoms with Gasteiger partial charge in [-0.25, -0.2) is 15.0 Å². The van der Waals surface area contributed by atoms with Crippen molar-refractivity contribution < 1.29 is 4.79 Å². The predicted octanol–water partition coefficient (Wildman–Crippen LogP) is 3.93. The van der Waals surface area contributed by atoms with E-state index in [0.29, 0.717) is 33.4 Å². The van der Waals surface area contributed by atoms with Gasteiger partial charge in [0.05, 0.1) is 0 Å². The van der Waals surface area contributed by atoms with E-state index in [2.05, 4.69) is 25.3 Å². The van der Waals surface area contributed by atoms with Crippen LogP contribution in [0.3, 0.4) is 0 Å². The van der Waals surface area contributed by atoms with Crippen molar-refractivity contribution in [2.45, 2.75) is 0 Å². The number of carbonyl (C=O) groups excluding carboxylic acids is 1. The van der Waals surface area contributed by atoms with Crippen molar-refractivity contribution in [1.82, 2.24) is 19.9 Å². The first-order valence-electron chi connectivity index (χ1n) is 7.54. The van der Waals surface area contributed by atoms with E-state index < -0.39 is 0 Å². The van der Waals surface area contributed by atoms with Gasteiger partial charge >= 0.3 is 0 Å². The smallest absolute Gasteiger partial charge is 0.256 e. The molecule has 0 radical (unpaired) electrons. The Morgan fingerprint density at radius 1 is 1.04 bits per heavy atom. The van der Waals surface area contributed by atoms with Crippen molar-refractivity contribution in [1.29, 1.82) is 0 Å². The number of halogens is 1. The number of anilines is 1. The number of amides is 1. The molecule has 0 saturated carbocycles. The molecule has 0 fully saturated rings. The first-order valence-corrected chi connectivity index (χ1v) is 7.91. The fourth-order valence-electron chi connectivity index (χ4n) is 2.46. The molecule has 4 rings (SSSR count). The van der Waals surface area contributed by atoms with E-state index in [9.17, 15) is 4.79 Å². The molecule has 0 aliphatic heterocycles. The first-order chi connectivity index (χ1) is 12.2. The molecular formula is C18H12ClN5O. The van der Waals surface area contributed by atoms with Crippen molar-refractivity contribution in [2.24, 2.45) is 0 Å². The lowest BCUT2D eigenvalue weighted by Gasteiger charge is -2.04. The van der Waals surface area contributed by atoms with Crippen LogP contribution in [-0.2, 0) is 0 Å². The molecule has 4 aromatic rings. The zero-order valence-electron chi connectivity index (χ0n) is 12.9. The number of aromatic amines is 1. The lowest BCUT2D eigenvalue weighted by atomic mass is 10.2. The largest absolute Gasteiger partial charge is 0.334 e. The van der Waals surface area contributed by atoms with Crippen molar-refractivity contribution in [3.8, 4) is 11.4 Å². The zero-order chi connectivity index (χ0) is 17.2. The van der Waals surface area contributed by atoms with Crippen LogP contribution in [0.25, 0.3) is 22.6 Å². The van der Waals surface area contributed by atoms with Gasteiger partial charge in [0.1, 0.15) is 17.7 Å². The van der Waals surface area contributed by atoms with E-state index in [-0.39, 0.29) is 5.91 Å². The van der Waals surface area contributed by atoms with Crippen LogP contribution in [0.1, 0.15) is 10.4 Å². The number of benzene rings is 2. The first kappa shape index (κ1) is 15.3. The molecule has 0 saturated heterocycles. The molecule has 0 aliphatic rings. The van der Waals surface area contributed by atoms with E-state index in [4.69, 9.17) is 11.6 Å².